The van der Waals surface area contributed by atoms with Gasteiger partial charge in [-0.2, -0.15) is 10.1 Å². The van der Waals surface area contributed by atoms with E-state index in [1.807, 2.05) is 23.3 Å². The van der Waals surface area contributed by atoms with E-state index in [9.17, 15) is 0 Å². The molecule has 3 saturated carbocycles. The lowest BCUT2D eigenvalue weighted by atomic mass is 9.65. The zero-order valence-corrected chi connectivity index (χ0v) is 12.8. The minimum atomic E-state index is -0.208. The van der Waals surface area contributed by atoms with Crippen LogP contribution in [0.4, 0.5) is 5.88 Å². The average Bonchev–Trinajstić information content (AvgIpc) is 3.11. The van der Waals surface area contributed by atoms with Gasteiger partial charge < -0.3 is 4.42 Å². The van der Waals surface area contributed by atoms with Crippen molar-refractivity contribution in [3.63, 3.8) is 0 Å². The van der Waals surface area contributed by atoms with Crippen LogP contribution in [0.5, 0.6) is 0 Å². The van der Waals surface area contributed by atoms with Crippen molar-refractivity contribution in [3.05, 3.63) is 30.3 Å². The molecule has 1 aromatic heterocycles. The van der Waals surface area contributed by atoms with Gasteiger partial charge in [0.2, 0.25) is 5.88 Å². The summed E-state index contributed by atoms with van der Waals surface area (Å²) in [6, 6.07) is 10.1. The van der Waals surface area contributed by atoms with Crippen LogP contribution in [-0.2, 0) is 4.84 Å². The highest BCUT2D eigenvalue weighted by molar-refractivity contribution is 5.80. The Bertz CT molecular complexity index is 674. The van der Waals surface area contributed by atoms with E-state index in [1.54, 1.807) is 0 Å². The summed E-state index contributed by atoms with van der Waals surface area (Å²) >= 11 is 0. The predicted molar refractivity (Wildman–Crippen MR) is 83.5 cm³/mol. The number of hydrogen-bond donors (Lipinski definition) is 1. The van der Waals surface area contributed by atoms with E-state index in [2.05, 4.69) is 29.8 Å². The highest BCUT2D eigenvalue weighted by Crippen LogP contribution is 2.52. The second-order valence-corrected chi connectivity index (χ2v) is 6.92. The summed E-state index contributed by atoms with van der Waals surface area (Å²) < 4.78 is 5.98. The van der Waals surface area contributed by atoms with Gasteiger partial charge in [0.15, 0.2) is 5.72 Å². The smallest absolute Gasteiger partial charge is 0.227 e. The number of benzene rings is 1. The summed E-state index contributed by atoms with van der Waals surface area (Å²) in [7, 11) is 2.11. The molecule has 1 saturated heterocycles. The SMILES string of the molecule is CN1N(c2cc3ccccc3o2)NOC12CC1CCC2CC1. The van der Waals surface area contributed by atoms with Crippen LogP contribution in [0.2, 0.25) is 0 Å². The van der Waals surface area contributed by atoms with Crippen LogP contribution in [0.3, 0.4) is 0 Å². The zero-order valence-electron chi connectivity index (χ0n) is 12.8. The molecule has 1 atom stereocenters. The number of para-hydroxylation sites is 1. The van der Waals surface area contributed by atoms with Crippen molar-refractivity contribution in [3.8, 4) is 0 Å². The summed E-state index contributed by atoms with van der Waals surface area (Å²) in [6.45, 7) is 0. The lowest BCUT2D eigenvalue weighted by molar-refractivity contribution is -0.193. The zero-order chi connectivity index (χ0) is 14.7. The average molecular weight is 299 g/mol. The molecule has 1 aliphatic heterocycles. The van der Waals surface area contributed by atoms with E-state index in [0.29, 0.717) is 5.92 Å². The monoisotopic (exact) mass is 299 g/mol. The quantitative estimate of drug-likeness (QED) is 0.873. The molecule has 0 amide bonds. The van der Waals surface area contributed by atoms with Crippen molar-refractivity contribution in [2.75, 3.05) is 12.2 Å². The fourth-order valence-electron chi connectivity index (χ4n) is 4.60. The summed E-state index contributed by atoms with van der Waals surface area (Å²) in [4.78, 5) is 6.13. The van der Waals surface area contributed by atoms with Crippen molar-refractivity contribution in [2.24, 2.45) is 11.8 Å². The van der Waals surface area contributed by atoms with Gasteiger partial charge in [0.05, 0.1) is 0 Å². The first-order valence-electron chi connectivity index (χ1n) is 8.22. The first-order valence-corrected chi connectivity index (χ1v) is 8.22. The van der Waals surface area contributed by atoms with Gasteiger partial charge in [-0.3, -0.25) is 4.84 Å². The largest absolute Gasteiger partial charge is 0.438 e. The first kappa shape index (κ1) is 12.9. The highest BCUT2D eigenvalue weighted by atomic mass is 16.8. The maximum absolute atomic E-state index is 6.13. The lowest BCUT2D eigenvalue weighted by Crippen LogP contribution is -2.58. The molecule has 2 aromatic rings. The van der Waals surface area contributed by atoms with E-state index in [4.69, 9.17) is 9.25 Å². The van der Waals surface area contributed by atoms with E-state index >= 15 is 0 Å². The second kappa shape index (κ2) is 4.47. The molecule has 6 rings (SSSR count). The Balaban J connectivity index is 1.50. The number of furan rings is 1. The number of fused-ring (bicyclic) bond motifs is 3. The van der Waals surface area contributed by atoms with Gasteiger partial charge in [0, 0.05) is 24.4 Å². The van der Waals surface area contributed by atoms with E-state index < -0.39 is 0 Å². The Morgan fingerprint density at radius 1 is 1.18 bits per heavy atom. The summed E-state index contributed by atoms with van der Waals surface area (Å²) in [5, 5.41) is 5.24. The first-order chi connectivity index (χ1) is 10.8. The van der Waals surface area contributed by atoms with Crippen molar-refractivity contribution in [2.45, 2.75) is 37.8 Å². The number of rotatable bonds is 1. The second-order valence-electron chi connectivity index (χ2n) is 6.92. The molecule has 1 spiro atoms. The minimum absolute atomic E-state index is 0.208. The fourth-order valence-corrected chi connectivity index (χ4v) is 4.60. The molecule has 22 heavy (non-hydrogen) atoms. The van der Waals surface area contributed by atoms with Gasteiger partial charge in [-0.25, -0.2) is 0 Å². The van der Waals surface area contributed by atoms with Gasteiger partial charge >= 0.3 is 0 Å². The predicted octanol–water partition coefficient (Wildman–Crippen LogP) is 3.44. The van der Waals surface area contributed by atoms with Crippen LogP contribution in [0.1, 0.15) is 32.1 Å². The molecule has 2 heterocycles. The Morgan fingerprint density at radius 2 is 2.00 bits per heavy atom. The van der Waals surface area contributed by atoms with Gasteiger partial charge in [-0.15, -0.1) is 0 Å². The Hall–Kier alpha value is -1.56. The molecule has 3 aliphatic carbocycles. The lowest BCUT2D eigenvalue weighted by Gasteiger charge is -2.50. The maximum atomic E-state index is 6.13. The third-order valence-electron chi connectivity index (χ3n) is 5.84. The Morgan fingerprint density at radius 3 is 2.73 bits per heavy atom. The number of nitrogens with one attached hydrogen (secondary N) is 1. The third-order valence-corrected chi connectivity index (χ3v) is 5.84. The molecule has 116 valence electrons. The van der Waals surface area contributed by atoms with E-state index in [1.165, 1.54) is 25.7 Å². The van der Waals surface area contributed by atoms with Crippen molar-refractivity contribution < 1.29 is 9.25 Å². The third kappa shape index (κ3) is 1.64. The molecular weight excluding hydrogens is 278 g/mol. The Labute approximate surface area is 129 Å². The molecular formula is C17H21N3O2. The van der Waals surface area contributed by atoms with Crippen LogP contribution in [0, 0.1) is 11.8 Å². The normalized spacial score (nSPS) is 35.0. The molecule has 2 bridgehead atoms. The highest BCUT2D eigenvalue weighted by Gasteiger charge is 2.57. The van der Waals surface area contributed by atoms with Gasteiger partial charge in [-0.05, 0) is 44.1 Å². The number of hydrazine groups is 2. The van der Waals surface area contributed by atoms with E-state index in [-0.39, 0.29) is 5.72 Å². The molecule has 0 radical (unpaired) electrons. The molecule has 5 nitrogen and oxygen atoms in total. The van der Waals surface area contributed by atoms with Crippen molar-refractivity contribution >= 4 is 16.9 Å². The summed E-state index contributed by atoms with van der Waals surface area (Å²) in [5.74, 6) is 2.18. The van der Waals surface area contributed by atoms with Crippen LogP contribution in [-0.4, -0.2) is 17.8 Å². The maximum Gasteiger partial charge on any atom is 0.227 e. The molecule has 4 aliphatic rings. The summed E-state index contributed by atoms with van der Waals surface area (Å²) in [5.41, 5.74) is 3.79. The molecule has 1 N–H and O–H groups in total. The molecule has 1 unspecified atom stereocenters. The molecule has 4 fully saturated rings. The van der Waals surface area contributed by atoms with Gasteiger partial charge in [-0.1, -0.05) is 23.8 Å². The van der Waals surface area contributed by atoms with Gasteiger partial charge in [0.25, 0.3) is 0 Å². The molecule has 5 heteroatoms. The standard InChI is InChI=1S/C17H21N3O2/c1-19-17(11-12-6-8-14(17)9-7-12)22-18-20(19)16-10-13-4-2-3-5-15(13)21-16/h2-5,10,12,14,18H,6-9,11H2,1H3. The Kier molecular flexibility index (Phi) is 2.63. The molecule has 1 aromatic carbocycles. The van der Waals surface area contributed by atoms with Crippen molar-refractivity contribution in [1.29, 1.82) is 0 Å². The number of nitrogens with zero attached hydrogens (tertiary/aromatic N) is 2. The van der Waals surface area contributed by atoms with Crippen molar-refractivity contribution in [1.82, 2.24) is 10.6 Å². The van der Waals surface area contributed by atoms with Crippen LogP contribution in [0.15, 0.2) is 34.7 Å². The number of anilines is 1. The van der Waals surface area contributed by atoms with E-state index in [0.717, 1.165) is 29.2 Å². The minimum Gasteiger partial charge on any atom is -0.438 e. The topological polar surface area (TPSA) is 40.9 Å². The fraction of sp³-hybridized carbons (Fsp3) is 0.529. The van der Waals surface area contributed by atoms with Crippen LogP contribution >= 0.6 is 0 Å². The van der Waals surface area contributed by atoms with Crippen LogP contribution in [0.25, 0.3) is 11.0 Å². The van der Waals surface area contributed by atoms with Crippen LogP contribution < -0.4 is 10.7 Å². The van der Waals surface area contributed by atoms with Gasteiger partial charge in [0.1, 0.15) is 5.58 Å². The number of hydrogen-bond acceptors (Lipinski definition) is 5. The summed E-state index contributed by atoms with van der Waals surface area (Å²) in [6.07, 6.45) is 6.36.